The van der Waals surface area contributed by atoms with Crippen LogP contribution in [0, 0.1) is 17.5 Å². The van der Waals surface area contributed by atoms with Crippen molar-refractivity contribution in [3.8, 4) is 0 Å². The Morgan fingerprint density at radius 1 is 1.03 bits per heavy atom. The lowest BCUT2D eigenvalue weighted by Crippen LogP contribution is -2.21. The summed E-state index contributed by atoms with van der Waals surface area (Å²) in [5.41, 5.74) is 10.9. The number of amidine groups is 2. The molecule has 0 amide bonds. The third kappa shape index (κ3) is 4.57. The summed E-state index contributed by atoms with van der Waals surface area (Å²) in [4.78, 5) is 7.96. The standard InChI is InChI=1S/C10H10Cl2N2O.C9H7F3N2O/c1-10(5-15-9(13)14-10)7-4-6(11)2-3-8(7)12;10-5-2-1-4(7(11)8(5)12)6-3-15-9(13)14-6/h2-4H,5H2,1H3,(H2,13,14);1-2,6H,3H2,(H2,13,14)/t;6-/m.1/s1. The van der Waals surface area contributed by atoms with Crippen LogP contribution in [0.5, 0.6) is 0 Å². The zero-order valence-electron chi connectivity index (χ0n) is 15.6. The van der Waals surface area contributed by atoms with Crippen molar-refractivity contribution >= 4 is 35.2 Å². The van der Waals surface area contributed by atoms with Crippen LogP contribution in [0.4, 0.5) is 13.2 Å². The van der Waals surface area contributed by atoms with Gasteiger partial charge in [0.2, 0.25) is 0 Å². The first-order valence-electron chi connectivity index (χ1n) is 8.64. The molecule has 2 heterocycles. The fraction of sp³-hybridized carbons (Fsp3) is 0.263. The number of benzene rings is 2. The zero-order chi connectivity index (χ0) is 22.1. The van der Waals surface area contributed by atoms with Gasteiger partial charge in [-0.05, 0) is 31.2 Å². The van der Waals surface area contributed by atoms with Gasteiger partial charge in [0.05, 0.1) is 0 Å². The monoisotopic (exact) mass is 460 g/mol. The summed E-state index contributed by atoms with van der Waals surface area (Å²) in [7, 11) is 0. The van der Waals surface area contributed by atoms with Gasteiger partial charge in [-0.15, -0.1) is 0 Å². The smallest absolute Gasteiger partial charge is 0.283 e. The highest BCUT2D eigenvalue weighted by atomic mass is 35.5. The normalized spacial score (nSPS) is 22.4. The van der Waals surface area contributed by atoms with Gasteiger partial charge in [0, 0.05) is 21.2 Å². The summed E-state index contributed by atoms with van der Waals surface area (Å²) in [5, 5.41) is 1.24. The number of ether oxygens (including phenoxy) is 2. The molecule has 2 atom stereocenters. The molecule has 1 unspecified atom stereocenters. The Morgan fingerprint density at radius 3 is 2.37 bits per heavy atom. The minimum atomic E-state index is -1.51. The molecule has 0 bridgehead atoms. The first-order chi connectivity index (χ1) is 14.1. The predicted octanol–water partition coefficient (Wildman–Crippen LogP) is 4.04. The fourth-order valence-electron chi connectivity index (χ4n) is 2.92. The SMILES string of the molecule is CC1(c2cc(Cl)ccc2Cl)COC(N)=N1.NC1=N[C@@H](c2ccc(F)c(F)c2F)CO1. The largest absolute Gasteiger partial charge is 0.463 e. The minimum Gasteiger partial charge on any atom is -0.463 e. The van der Waals surface area contributed by atoms with Crippen LogP contribution < -0.4 is 11.5 Å². The molecule has 0 aromatic heterocycles. The molecule has 4 N–H and O–H groups in total. The fourth-order valence-corrected chi connectivity index (χ4v) is 3.41. The summed E-state index contributed by atoms with van der Waals surface area (Å²) >= 11 is 12.0. The summed E-state index contributed by atoms with van der Waals surface area (Å²) in [6.07, 6.45) is 0. The van der Waals surface area contributed by atoms with Crippen molar-refractivity contribution in [1.82, 2.24) is 0 Å². The van der Waals surface area contributed by atoms with Gasteiger partial charge in [-0.1, -0.05) is 29.3 Å². The van der Waals surface area contributed by atoms with Crippen LogP contribution in [0.25, 0.3) is 0 Å². The highest BCUT2D eigenvalue weighted by Crippen LogP contribution is 2.36. The quantitative estimate of drug-likeness (QED) is 0.660. The van der Waals surface area contributed by atoms with Crippen molar-refractivity contribution in [1.29, 1.82) is 0 Å². The molecule has 2 aliphatic rings. The topological polar surface area (TPSA) is 95.2 Å². The van der Waals surface area contributed by atoms with E-state index in [1.165, 1.54) is 0 Å². The first kappa shape index (κ1) is 22.0. The lowest BCUT2D eigenvalue weighted by Gasteiger charge is -2.20. The molecule has 0 spiro atoms. The second-order valence-corrected chi connectivity index (χ2v) is 7.54. The molecule has 0 saturated carbocycles. The Hall–Kier alpha value is -2.65. The van der Waals surface area contributed by atoms with E-state index in [4.69, 9.17) is 44.1 Å². The van der Waals surface area contributed by atoms with Gasteiger partial charge in [0.15, 0.2) is 17.5 Å². The lowest BCUT2D eigenvalue weighted by molar-refractivity contribution is 0.266. The van der Waals surface area contributed by atoms with Gasteiger partial charge in [-0.25, -0.2) is 23.2 Å². The highest BCUT2D eigenvalue weighted by molar-refractivity contribution is 6.33. The number of nitrogens with zero attached hydrogens (tertiary/aromatic N) is 2. The van der Waals surface area contributed by atoms with Gasteiger partial charge in [0.1, 0.15) is 24.8 Å². The van der Waals surface area contributed by atoms with Crippen LogP contribution in [0.15, 0.2) is 40.3 Å². The van der Waals surface area contributed by atoms with Crippen molar-refractivity contribution in [3.05, 3.63) is 69.0 Å². The number of nitrogens with two attached hydrogens (primary N) is 2. The molecule has 11 heteroatoms. The second kappa shape index (κ2) is 8.61. The van der Waals surface area contributed by atoms with Gasteiger partial charge in [-0.3, -0.25) is 0 Å². The minimum absolute atomic E-state index is 0.0355. The Morgan fingerprint density at radius 2 is 1.77 bits per heavy atom. The molecular formula is C19H17Cl2F3N4O2. The van der Waals surface area contributed by atoms with E-state index in [2.05, 4.69) is 9.98 Å². The van der Waals surface area contributed by atoms with Gasteiger partial charge < -0.3 is 20.9 Å². The van der Waals surface area contributed by atoms with Crippen molar-refractivity contribution in [3.63, 3.8) is 0 Å². The maximum atomic E-state index is 13.3. The van der Waals surface area contributed by atoms with E-state index < -0.39 is 29.0 Å². The Labute approximate surface area is 180 Å². The van der Waals surface area contributed by atoms with Crippen LogP contribution >= 0.6 is 23.2 Å². The average Bonchev–Trinajstić information content (AvgIpc) is 3.28. The summed E-state index contributed by atoms with van der Waals surface area (Å²) < 4.78 is 48.7. The Balaban J connectivity index is 0.000000171. The van der Waals surface area contributed by atoms with E-state index in [0.29, 0.717) is 16.7 Å². The first-order valence-corrected chi connectivity index (χ1v) is 9.39. The van der Waals surface area contributed by atoms with Gasteiger partial charge in [-0.2, -0.15) is 0 Å². The Kier molecular flexibility index (Phi) is 6.33. The second-order valence-electron chi connectivity index (χ2n) is 6.70. The molecule has 2 aromatic rings. The van der Waals surface area contributed by atoms with E-state index in [1.807, 2.05) is 6.92 Å². The zero-order valence-corrected chi connectivity index (χ0v) is 17.1. The van der Waals surface area contributed by atoms with Crippen LogP contribution in [0.1, 0.15) is 24.1 Å². The van der Waals surface area contributed by atoms with Crippen molar-refractivity contribution < 1.29 is 22.6 Å². The van der Waals surface area contributed by atoms with Gasteiger partial charge in [0.25, 0.3) is 12.0 Å². The molecule has 0 radical (unpaired) electrons. The molecule has 0 saturated heterocycles. The van der Waals surface area contributed by atoms with Crippen molar-refractivity contribution in [2.24, 2.45) is 21.5 Å². The summed E-state index contributed by atoms with van der Waals surface area (Å²) in [6.45, 7) is 2.33. The third-order valence-corrected chi connectivity index (χ3v) is 5.03. The molecule has 6 nitrogen and oxygen atoms in total. The number of aliphatic imine (C=N–C) groups is 2. The van der Waals surface area contributed by atoms with E-state index in [0.717, 1.165) is 17.7 Å². The number of hydrogen-bond acceptors (Lipinski definition) is 6. The molecule has 2 aromatic carbocycles. The van der Waals surface area contributed by atoms with E-state index in [9.17, 15) is 13.2 Å². The van der Waals surface area contributed by atoms with Crippen LogP contribution in [0.3, 0.4) is 0 Å². The number of hydrogen-bond donors (Lipinski definition) is 2. The van der Waals surface area contributed by atoms with E-state index >= 15 is 0 Å². The third-order valence-electron chi connectivity index (χ3n) is 4.46. The highest BCUT2D eigenvalue weighted by Gasteiger charge is 2.34. The number of rotatable bonds is 2. The maximum Gasteiger partial charge on any atom is 0.283 e. The number of halogens is 5. The molecule has 0 fully saturated rings. The summed E-state index contributed by atoms with van der Waals surface area (Å²) in [6, 6.07) is 6.64. The summed E-state index contributed by atoms with van der Waals surface area (Å²) in [5.74, 6) is -3.98. The lowest BCUT2D eigenvalue weighted by atomic mass is 9.94. The van der Waals surface area contributed by atoms with Crippen LogP contribution in [0.2, 0.25) is 10.0 Å². The molecule has 4 rings (SSSR count). The van der Waals surface area contributed by atoms with E-state index in [1.54, 1.807) is 18.2 Å². The average molecular weight is 461 g/mol. The molecule has 0 aliphatic carbocycles. The van der Waals surface area contributed by atoms with Crippen molar-refractivity contribution in [2.75, 3.05) is 13.2 Å². The van der Waals surface area contributed by atoms with Crippen molar-refractivity contribution in [2.45, 2.75) is 18.5 Å². The van der Waals surface area contributed by atoms with E-state index in [-0.39, 0.29) is 24.2 Å². The molecule has 2 aliphatic heterocycles. The van der Waals surface area contributed by atoms with Crippen LogP contribution in [-0.2, 0) is 15.0 Å². The molecule has 30 heavy (non-hydrogen) atoms. The van der Waals surface area contributed by atoms with Gasteiger partial charge >= 0.3 is 0 Å². The molecule has 160 valence electrons. The Bertz CT molecular complexity index is 1040. The molecular weight excluding hydrogens is 444 g/mol. The van der Waals surface area contributed by atoms with Crippen LogP contribution in [-0.4, -0.2) is 25.3 Å². The predicted molar refractivity (Wildman–Crippen MR) is 108 cm³/mol. The maximum absolute atomic E-state index is 13.3.